The Hall–Kier alpha value is -2.69. The largest absolute Gasteiger partial charge is 0.496 e. The van der Waals surface area contributed by atoms with Crippen LogP contribution in [0.3, 0.4) is 0 Å². The molecule has 5 heteroatoms. The molecule has 4 nitrogen and oxygen atoms in total. The number of rotatable bonds is 2. The van der Waals surface area contributed by atoms with Crippen molar-refractivity contribution >= 4 is 16.7 Å². The molecule has 0 spiro atoms. The first-order valence-corrected chi connectivity index (χ1v) is 6.06. The zero-order chi connectivity index (χ0) is 14.1. The fraction of sp³-hybridized carbons (Fsp3) is 0.0667. The topological polar surface area (TPSA) is 61.0 Å². The van der Waals surface area contributed by atoms with Gasteiger partial charge in [-0.05, 0) is 24.3 Å². The number of methoxy groups -OCH3 is 1. The minimum Gasteiger partial charge on any atom is -0.496 e. The maximum atomic E-state index is 14.1. The van der Waals surface area contributed by atoms with Gasteiger partial charge in [0.05, 0.1) is 18.2 Å². The van der Waals surface area contributed by atoms with Crippen molar-refractivity contribution in [2.75, 3.05) is 12.8 Å². The second kappa shape index (κ2) is 4.77. The summed E-state index contributed by atoms with van der Waals surface area (Å²) < 4.78 is 19.2. The summed E-state index contributed by atoms with van der Waals surface area (Å²) in [5.41, 5.74) is 6.80. The molecule has 0 saturated heterocycles. The Kier molecular flexibility index (Phi) is 2.95. The quantitative estimate of drug-likeness (QED) is 0.776. The van der Waals surface area contributed by atoms with E-state index in [1.165, 1.54) is 13.2 Å². The maximum Gasteiger partial charge on any atom is 0.168 e. The molecular weight excluding hydrogens is 257 g/mol. The highest BCUT2D eigenvalue weighted by atomic mass is 19.1. The predicted octanol–water partition coefficient (Wildman–Crippen LogP) is 3.03. The van der Waals surface area contributed by atoms with Crippen LogP contribution in [0.5, 0.6) is 5.75 Å². The van der Waals surface area contributed by atoms with Crippen molar-refractivity contribution in [2.24, 2.45) is 0 Å². The smallest absolute Gasteiger partial charge is 0.168 e. The highest BCUT2D eigenvalue weighted by Gasteiger charge is 2.16. The normalized spacial score (nSPS) is 10.7. The van der Waals surface area contributed by atoms with E-state index in [0.717, 1.165) is 5.39 Å². The van der Waals surface area contributed by atoms with Crippen LogP contribution in [0.1, 0.15) is 0 Å². The van der Waals surface area contributed by atoms with Crippen LogP contribution in [0.25, 0.3) is 22.3 Å². The predicted molar refractivity (Wildman–Crippen MR) is 75.9 cm³/mol. The number of nitrogen functional groups attached to an aromatic ring is 1. The van der Waals surface area contributed by atoms with Gasteiger partial charge >= 0.3 is 0 Å². The van der Waals surface area contributed by atoms with Crippen LogP contribution in [-0.2, 0) is 0 Å². The number of halogens is 1. The molecule has 0 radical (unpaired) electrons. The third kappa shape index (κ3) is 1.93. The molecule has 0 aliphatic carbocycles. The van der Waals surface area contributed by atoms with Crippen molar-refractivity contribution in [2.45, 2.75) is 0 Å². The van der Waals surface area contributed by atoms with E-state index in [1.807, 2.05) is 24.3 Å². The van der Waals surface area contributed by atoms with Crippen LogP contribution in [0.2, 0.25) is 0 Å². The van der Waals surface area contributed by atoms with Crippen molar-refractivity contribution in [1.82, 2.24) is 9.97 Å². The lowest BCUT2D eigenvalue weighted by Gasteiger charge is -2.10. The SMILES string of the molecule is COc1cccc(F)c1-c1nc(N)c2ccccc2n1. The summed E-state index contributed by atoms with van der Waals surface area (Å²) in [5, 5.41) is 0.742. The van der Waals surface area contributed by atoms with Crippen LogP contribution in [-0.4, -0.2) is 17.1 Å². The first-order valence-electron chi connectivity index (χ1n) is 6.06. The van der Waals surface area contributed by atoms with E-state index < -0.39 is 5.82 Å². The van der Waals surface area contributed by atoms with E-state index in [1.54, 1.807) is 12.1 Å². The lowest BCUT2D eigenvalue weighted by molar-refractivity contribution is 0.413. The molecule has 0 unspecified atom stereocenters. The molecule has 2 N–H and O–H groups in total. The number of hydrogen-bond acceptors (Lipinski definition) is 4. The average Bonchev–Trinajstić information content (AvgIpc) is 2.46. The van der Waals surface area contributed by atoms with Gasteiger partial charge in [-0.1, -0.05) is 18.2 Å². The Bertz CT molecular complexity index is 789. The number of fused-ring (bicyclic) bond motifs is 1. The summed E-state index contributed by atoms with van der Waals surface area (Å²) in [6, 6.07) is 11.9. The third-order valence-electron chi connectivity index (χ3n) is 3.05. The molecule has 0 fully saturated rings. The minimum absolute atomic E-state index is 0.215. The minimum atomic E-state index is -0.445. The second-order valence-electron chi connectivity index (χ2n) is 4.27. The molecule has 100 valence electrons. The zero-order valence-corrected chi connectivity index (χ0v) is 10.8. The summed E-state index contributed by atoms with van der Waals surface area (Å²) in [4.78, 5) is 8.55. The van der Waals surface area contributed by atoms with Crippen LogP contribution in [0, 0.1) is 5.82 Å². The molecule has 0 amide bonds. The van der Waals surface area contributed by atoms with Gasteiger partial charge in [-0.15, -0.1) is 0 Å². The van der Waals surface area contributed by atoms with Gasteiger partial charge in [0.15, 0.2) is 5.82 Å². The third-order valence-corrected chi connectivity index (χ3v) is 3.05. The first kappa shape index (κ1) is 12.3. The van der Waals surface area contributed by atoms with Crippen LogP contribution in [0.4, 0.5) is 10.2 Å². The van der Waals surface area contributed by atoms with Gasteiger partial charge in [-0.25, -0.2) is 14.4 Å². The Morgan fingerprint density at radius 3 is 2.65 bits per heavy atom. The van der Waals surface area contributed by atoms with E-state index in [9.17, 15) is 4.39 Å². The molecule has 3 rings (SSSR count). The molecular formula is C15H12FN3O. The molecule has 0 aliphatic rings. The molecule has 0 bridgehead atoms. The molecule has 1 aromatic heterocycles. The van der Waals surface area contributed by atoms with Crippen LogP contribution < -0.4 is 10.5 Å². The second-order valence-corrected chi connectivity index (χ2v) is 4.27. The van der Waals surface area contributed by atoms with E-state index in [2.05, 4.69) is 9.97 Å². The van der Waals surface area contributed by atoms with E-state index in [0.29, 0.717) is 17.1 Å². The summed E-state index contributed by atoms with van der Waals surface area (Å²) in [6.07, 6.45) is 0. The van der Waals surface area contributed by atoms with Crippen LogP contribution in [0.15, 0.2) is 42.5 Å². The van der Waals surface area contributed by atoms with Gasteiger partial charge in [0.1, 0.15) is 17.4 Å². The van der Waals surface area contributed by atoms with Gasteiger partial charge in [-0.3, -0.25) is 0 Å². The number of aromatic nitrogens is 2. The lowest BCUT2D eigenvalue weighted by Crippen LogP contribution is -2.00. The number of hydrogen-bond donors (Lipinski definition) is 1. The van der Waals surface area contributed by atoms with E-state index in [-0.39, 0.29) is 11.4 Å². The van der Waals surface area contributed by atoms with E-state index >= 15 is 0 Å². The number of nitrogens with two attached hydrogens (primary N) is 1. The van der Waals surface area contributed by atoms with Crippen molar-refractivity contribution in [3.63, 3.8) is 0 Å². The summed E-state index contributed by atoms with van der Waals surface area (Å²) >= 11 is 0. The van der Waals surface area contributed by atoms with Crippen molar-refractivity contribution < 1.29 is 9.13 Å². The highest BCUT2D eigenvalue weighted by Crippen LogP contribution is 2.32. The van der Waals surface area contributed by atoms with Gasteiger partial charge in [0, 0.05) is 5.39 Å². The van der Waals surface area contributed by atoms with Crippen molar-refractivity contribution in [1.29, 1.82) is 0 Å². The number of para-hydroxylation sites is 1. The highest BCUT2D eigenvalue weighted by molar-refractivity contribution is 5.89. The molecule has 3 aromatic rings. The summed E-state index contributed by atoms with van der Waals surface area (Å²) in [5.74, 6) is 0.464. The molecule has 0 saturated carbocycles. The number of ether oxygens (including phenoxy) is 1. The number of anilines is 1. The molecule has 0 aliphatic heterocycles. The molecule has 20 heavy (non-hydrogen) atoms. The standard InChI is InChI=1S/C15H12FN3O/c1-20-12-8-4-6-10(16)13(12)15-18-11-7-3-2-5-9(11)14(17)19-15/h2-8H,1H3,(H2,17,18,19). The Morgan fingerprint density at radius 2 is 1.85 bits per heavy atom. The van der Waals surface area contributed by atoms with E-state index in [4.69, 9.17) is 10.5 Å². The van der Waals surface area contributed by atoms with Gasteiger partial charge < -0.3 is 10.5 Å². The molecule has 2 aromatic carbocycles. The van der Waals surface area contributed by atoms with Gasteiger partial charge in [-0.2, -0.15) is 0 Å². The Balaban J connectivity index is 2.30. The molecule has 0 atom stereocenters. The fourth-order valence-corrected chi connectivity index (χ4v) is 2.10. The number of nitrogens with zero attached hydrogens (tertiary/aromatic N) is 2. The van der Waals surface area contributed by atoms with Crippen LogP contribution >= 0.6 is 0 Å². The van der Waals surface area contributed by atoms with Crippen molar-refractivity contribution in [3.8, 4) is 17.1 Å². The monoisotopic (exact) mass is 269 g/mol. The summed E-state index contributed by atoms with van der Waals surface area (Å²) in [6.45, 7) is 0. The Labute approximate surface area is 115 Å². The lowest BCUT2D eigenvalue weighted by atomic mass is 10.1. The average molecular weight is 269 g/mol. The summed E-state index contributed by atoms with van der Waals surface area (Å²) in [7, 11) is 1.47. The number of benzene rings is 2. The van der Waals surface area contributed by atoms with Gasteiger partial charge in [0.25, 0.3) is 0 Å². The maximum absolute atomic E-state index is 14.1. The van der Waals surface area contributed by atoms with Crippen molar-refractivity contribution in [3.05, 3.63) is 48.3 Å². The Morgan fingerprint density at radius 1 is 1.05 bits per heavy atom. The first-order chi connectivity index (χ1) is 9.70. The fourth-order valence-electron chi connectivity index (χ4n) is 2.10. The van der Waals surface area contributed by atoms with Gasteiger partial charge in [0.2, 0.25) is 0 Å². The zero-order valence-electron chi connectivity index (χ0n) is 10.8. The molecule has 1 heterocycles.